The van der Waals surface area contributed by atoms with Crippen LogP contribution in [-0.2, 0) is 9.59 Å². The third-order valence-electron chi connectivity index (χ3n) is 2.39. The van der Waals surface area contributed by atoms with Crippen molar-refractivity contribution >= 4 is 36.3 Å². The van der Waals surface area contributed by atoms with Crippen molar-refractivity contribution in [2.45, 2.75) is 36.6 Å². The van der Waals surface area contributed by atoms with E-state index in [2.05, 4.69) is 12.6 Å². The van der Waals surface area contributed by atoms with Crippen LogP contribution in [-0.4, -0.2) is 51.0 Å². The van der Waals surface area contributed by atoms with Crippen molar-refractivity contribution in [1.82, 2.24) is 0 Å². The van der Waals surface area contributed by atoms with Gasteiger partial charge in [0.25, 0.3) is 0 Å². The van der Waals surface area contributed by atoms with E-state index in [4.69, 9.17) is 21.7 Å². The van der Waals surface area contributed by atoms with Gasteiger partial charge in [-0.1, -0.05) is 6.42 Å². The number of hydrogen-bond acceptors (Lipinski definition) is 6. The molecule has 1 rings (SSSR count). The van der Waals surface area contributed by atoms with Crippen LogP contribution in [0.2, 0.25) is 0 Å². The van der Waals surface area contributed by atoms with E-state index in [1.54, 1.807) is 11.8 Å². The molecule has 106 valence electrons. The largest absolute Gasteiger partial charge is 0.480 e. The van der Waals surface area contributed by atoms with Crippen LogP contribution in [0.1, 0.15) is 19.3 Å². The van der Waals surface area contributed by atoms with Crippen molar-refractivity contribution in [1.29, 1.82) is 0 Å². The first-order chi connectivity index (χ1) is 8.38. The highest BCUT2D eigenvalue weighted by Gasteiger charge is 2.20. The molecule has 0 spiro atoms. The monoisotopic (exact) mass is 296 g/mol. The average molecular weight is 296 g/mol. The highest BCUT2D eigenvalue weighted by atomic mass is 32.2. The number of aliphatic carboxylic acids is 2. The molecule has 1 aliphatic rings. The Labute approximate surface area is 116 Å². The van der Waals surface area contributed by atoms with E-state index in [9.17, 15) is 9.59 Å². The predicted octanol–water partition coefficient (Wildman–Crippen LogP) is 0.0121. The topological polar surface area (TPSA) is 127 Å². The molecule has 0 aromatic rings. The van der Waals surface area contributed by atoms with E-state index >= 15 is 0 Å². The van der Waals surface area contributed by atoms with Gasteiger partial charge in [-0.05, 0) is 12.8 Å². The van der Waals surface area contributed by atoms with Gasteiger partial charge < -0.3 is 21.7 Å². The summed E-state index contributed by atoms with van der Waals surface area (Å²) in [6.07, 6.45) is 3.76. The zero-order valence-electron chi connectivity index (χ0n) is 9.99. The van der Waals surface area contributed by atoms with Gasteiger partial charge in [-0.15, -0.1) is 0 Å². The Morgan fingerprint density at radius 1 is 1.22 bits per heavy atom. The summed E-state index contributed by atoms with van der Waals surface area (Å²) in [7, 11) is 0. The number of rotatable bonds is 6. The van der Waals surface area contributed by atoms with E-state index in [1.165, 1.54) is 19.3 Å². The minimum Gasteiger partial charge on any atom is -0.480 e. The number of thioether (sulfide) groups is 1. The van der Waals surface area contributed by atoms with Crippen LogP contribution in [0.3, 0.4) is 0 Å². The summed E-state index contributed by atoms with van der Waals surface area (Å²) in [5, 5.41) is 17.1. The molecule has 6 N–H and O–H groups in total. The summed E-state index contributed by atoms with van der Waals surface area (Å²) in [6, 6.07) is -1.50. The molecule has 18 heavy (non-hydrogen) atoms. The van der Waals surface area contributed by atoms with Gasteiger partial charge >= 0.3 is 11.9 Å². The molecule has 0 saturated heterocycles. The van der Waals surface area contributed by atoms with Crippen LogP contribution in [0, 0.1) is 0 Å². The fourth-order valence-corrected chi connectivity index (χ4v) is 2.37. The third kappa shape index (κ3) is 7.80. The number of nitrogens with two attached hydrogens (primary N) is 2. The van der Waals surface area contributed by atoms with Crippen LogP contribution < -0.4 is 11.5 Å². The molecule has 0 aromatic carbocycles. The van der Waals surface area contributed by atoms with Crippen molar-refractivity contribution in [3.63, 3.8) is 0 Å². The maximum atomic E-state index is 10.3. The molecule has 2 atom stereocenters. The maximum absolute atomic E-state index is 10.3. The molecule has 0 amide bonds. The number of thiol groups is 1. The number of carbonyl (C=O) groups is 2. The lowest BCUT2D eigenvalue weighted by molar-refractivity contribution is -0.138. The summed E-state index contributed by atoms with van der Waals surface area (Å²) in [5.41, 5.74) is 10.3. The second-order valence-electron chi connectivity index (χ2n) is 3.96. The molecule has 2 unspecified atom stereocenters. The Hall–Kier alpha value is -0.440. The third-order valence-corrected chi connectivity index (χ3v) is 4.28. The number of carboxylic acid groups (broad SMARTS) is 2. The first-order valence-electron chi connectivity index (χ1n) is 5.57. The summed E-state index contributed by atoms with van der Waals surface area (Å²) in [5.74, 6) is -1.15. The second-order valence-corrected chi connectivity index (χ2v) is 5.66. The zero-order valence-corrected chi connectivity index (χ0v) is 11.7. The SMILES string of the molecule is NC(CS)C(=O)O.NC(CSC1CCC1)C(=O)O. The van der Waals surface area contributed by atoms with Crippen LogP contribution in [0.15, 0.2) is 0 Å². The zero-order chi connectivity index (χ0) is 14.1. The molecule has 6 nitrogen and oxygen atoms in total. The van der Waals surface area contributed by atoms with Crippen LogP contribution >= 0.6 is 24.4 Å². The van der Waals surface area contributed by atoms with Gasteiger partial charge in [0, 0.05) is 16.8 Å². The lowest BCUT2D eigenvalue weighted by atomic mass is 10.0. The average Bonchev–Trinajstić information content (AvgIpc) is 2.26. The minimum atomic E-state index is -1.00. The Bertz CT molecular complexity index is 275. The van der Waals surface area contributed by atoms with Gasteiger partial charge in [0.2, 0.25) is 0 Å². The standard InChI is InChI=1S/C7H13NO2S.C3H7NO2S/c8-6(7(9)10)4-11-5-2-1-3-5;4-2(1-7)3(5)6/h5-6H,1-4,8H2,(H,9,10);2,7H,1,4H2,(H,5,6). The van der Waals surface area contributed by atoms with Crippen LogP contribution in [0.5, 0.6) is 0 Å². The molecule has 0 heterocycles. The first-order valence-corrected chi connectivity index (χ1v) is 7.25. The first kappa shape index (κ1) is 17.6. The van der Waals surface area contributed by atoms with E-state index in [-0.39, 0.29) is 5.75 Å². The molecule has 0 aliphatic heterocycles. The maximum Gasteiger partial charge on any atom is 0.321 e. The molecule has 1 saturated carbocycles. The van der Waals surface area contributed by atoms with Gasteiger partial charge in [0.15, 0.2) is 0 Å². The van der Waals surface area contributed by atoms with Crippen molar-refractivity contribution < 1.29 is 19.8 Å². The van der Waals surface area contributed by atoms with Crippen molar-refractivity contribution in [2.24, 2.45) is 11.5 Å². The number of hydrogen-bond donors (Lipinski definition) is 5. The lowest BCUT2D eigenvalue weighted by Gasteiger charge is -2.25. The molecule has 1 fully saturated rings. The van der Waals surface area contributed by atoms with Crippen LogP contribution in [0.4, 0.5) is 0 Å². The second kappa shape index (κ2) is 9.48. The Kier molecular flexibility index (Phi) is 9.25. The van der Waals surface area contributed by atoms with Crippen molar-refractivity contribution in [3.05, 3.63) is 0 Å². The summed E-state index contributed by atoms with van der Waals surface area (Å²) >= 11 is 5.34. The molecule has 0 bridgehead atoms. The Balaban J connectivity index is 0.000000360. The van der Waals surface area contributed by atoms with Crippen molar-refractivity contribution in [3.8, 4) is 0 Å². The summed E-state index contributed by atoms with van der Waals surface area (Å²) in [6.45, 7) is 0. The minimum absolute atomic E-state index is 0.190. The molecule has 0 aromatic heterocycles. The van der Waals surface area contributed by atoms with Gasteiger partial charge in [-0.2, -0.15) is 24.4 Å². The Morgan fingerprint density at radius 2 is 1.72 bits per heavy atom. The van der Waals surface area contributed by atoms with E-state index < -0.39 is 24.0 Å². The molecule has 1 aliphatic carbocycles. The lowest BCUT2D eigenvalue weighted by Crippen LogP contribution is -2.33. The van der Waals surface area contributed by atoms with E-state index in [0.717, 1.165) is 0 Å². The quantitative estimate of drug-likeness (QED) is 0.437. The highest BCUT2D eigenvalue weighted by Crippen LogP contribution is 2.31. The van der Waals surface area contributed by atoms with Crippen LogP contribution in [0.25, 0.3) is 0 Å². The fourth-order valence-electron chi connectivity index (χ4n) is 0.927. The number of carboxylic acids is 2. The fraction of sp³-hybridized carbons (Fsp3) is 0.800. The Morgan fingerprint density at radius 3 is 1.94 bits per heavy atom. The molecule has 8 heteroatoms. The highest BCUT2D eigenvalue weighted by molar-refractivity contribution is 8.00. The van der Waals surface area contributed by atoms with E-state index in [1.807, 2.05) is 0 Å². The van der Waals surface area contributed by atoms with E-state index in [0.29, 0.717) is 11.0 Å². The molecule has 0 radical (unpaired) electrons. The normalized spacial score (nSPS) is 17.9. The van der Waals surface area contributed by atoms with Gasteiger partial charge in [0.1, 0.15) is 12.1 Å². The predicted molar refractivity (Wildman–Crippen MR) is 75.2 cm³/mol. The smallest absolute Gasteiger partial charge is 0.321 e. The van der Waals surface area contributed by atoms with Gasteiger partial charge in [-0.3, -0.25) is 9.59 Å². The van der Waals surface area contributed by atoms with Crippen molar-refractivity contribution in [2.75, 3.05) is 11.5 Å². The summed E-state index contributed by atoms with van der Waals surface area (Å²) < 4.78 is 0. The van der Waals surface area contributed by atoms with Gasteiger partial charge in [0.05, 0.1) is 0 Å². The van der Waals surface area contributed by atoms with Gasteiger partial charge in [-0.25, -0.2) is 0 Å². The molecular weight excluding hydrogens is 276 g/mol. The molecular formula is C10H20N2O4S2. The summed E-state index contributed by atoms with van der Waals surface area (Å²) in [4.78, 5) is 20.0.